The van der Waals surface area contributed by atoms with Crippen molar-refractivity contribution in [3.63, 3.8) is 0 Å². The molecule has 214 valence electrons. The van der Waals surface area contributed by atoms with Gasteiger partial charge in [-0.15, -0.1) is 6.42 Å². The van der Waals surface area contributed by atoms with Crippen LogP contribution < -0.4 is 0 Å². The summed E-state index contributed by atoms with van der Waals surface area (Å²) in [5.41, 5.74) is 3.45. The number of terminal acetylenes is 1. The van der Waals surface area contributed by atoms with Gasteiger partial charge in [-0.1, -0.05) is 45.3 Å². The zero-order valence-corrected chi connectivity index (χ0v) is 24.8. The molecule has 1 aromatic carbocycles. The Morgan fingerprint density at radius 3 is 2.58 bits per heavy atom. The highest BCUT2D eigenvalue weighted by Gasteiger charge is 2.68. The fourth-order valence-electron chi connectivity index (χ4n) is 10.7. The van der Waals surface area contributed by atoms with E-state index in [2.05, 4.69) is 39.7 Å². The number of carbonyl (C=O) groups is 1. The van der Waals surface area contributed by atoms with E-state index in [1.807, 2.05) is 0 Å². The molecule has 2 aliphatic heterocycles. The molecule has 0 radical (unpaired) electrons. The van der Waals surface area contributed by atoms with Gasteiger partial charge in [-0.2, -0.15) is 0 Å². The first-order valence-electron chi connectivity index (χ1n) is 16.0. The van der Waals surface area contributed by atoms with Crippen LogP contribution in [-0.4, -0.2) is 30.6 Å². The maximum absolute atomic E-state index is 12.9. The molecule has 4 nitrogen and oxygen atoms in total. The highest BCUT2D eigenvalue weighted by Crippen LogP contribution is 2.70. The highest BCUT2D eigenvalue weighted by molar-refractivity contribution is 5.89. The highest BCUT2D eigenvalue weighted by atomic mass is 16.7. The standard InChI is InChI=1S/C36H46O4/c1-6-24-7-9-25(10-8-24)33(37)39-27-14-16-34(4)26(19-27)11-12-28-29(34)15-17-35(5)30(28)20-31-32(35)23(3)36(40-31)18-13-22(2)21-38-36/h1,7-11,22-23,27-32H,12-21H2,2-5H3/t22?,23-,27?,28+,29-,30-,31-,32-,34-,35-,36+/m0/s1. The molecule has 11 atom stereocenters. The van der Waals surface area contributed by atoms with E-state index in [0.717, 1.165) is 56.1 Å². The number of carbonyl (C=O) groups excluding carboxylic acids is 1. The van der Waals surface area contributed by atoms with Crippen molar-refractivity contribution < 1.29 is 19.0 Å². The Balaban J connectivity index is 1.06. The van der Waals surface area contributed by atoms with Gasteiger partial charge in [0.1, 0.15) is 6.10 Å². The number of hydrogen-bond donors (Lipinski definition) is 0. The van der Waals surface area contributed by atoms with E-state index in [0.29, 0.717) is 40.8 Å². The van der Waals surface area contributed by atoms with Crippen molar-refractivity contribution in [3.8, 4) is 12.3 Å². The van der Waals surface area contributed by atoms with Crippen molar-refractivity contribution in [2.24, 2.45) is 46.3 Å². The van der Waals surface area contributed by atoms with Gasteiger partial charge in [0.15, 0.2) is 5.79 Å². The third-order valence-corrected chi connectivity index (χ3v) is 12.9. The molecule has 2 heterocycles. The Morgan fingerprint density at radius 1 is 1.05 bits per heavy atom. The summed E-state index contributed by atoms with van der Waals surface area (Å²) in [6, 6.07) is 7.16. The molecule has 5 fully saturated rings. The second kappa shape index (κ2) is 9.47. The number of ether oxygens (including phenoxy) is 3. The first-order valence-corrected chi connectivity index (χ1v) is 16.0. The van der Waals surface area contributed by atoms with Crippen LogP contribution in [0.15, 0.2) is 35.9 Å². The van der Waals surface area contributed by atoms with Gasteiger partial charge in [0.2, 0.25) is 0 Å². The molecule has 7 rings (SSSR count). The predicted octanol–water partition coefficient (Wildman–Crippen LogP) is 7.56. The van der Waals surface area contributed by atoms with Gasteiger partial charge in [-0.25, -0.2) is 4.79 Å². The minimum absolute atomic E-state index is 0.0426. The smallest absolute Gasteiger partial charge is 0.338 e. The lowest BCUT2D eigenvalue weighted by Gasteiger charge is -2.58. The molecule has 0 bridgehead atoms. The third kappa shape index (κ3) is 3.90. The van der Waals surface area contributed by atoms with Crippen molar-refractivity contribution in [2.45, 2.75) is 103 Å². The van der Waals surface area contributed by atoms with Crippen LogP contribution in [0.4, 0.5) is 0 Å². The van der Waals surface area contributed by atoms with E-state index < -0.39 is 0 Å². The number of hydrogen-bond acceptors (Lipinski definition) is 4. The first kappa shape index (κ1) is 26.8. The van der Waals surface area contributed by atoms with Crippen LogP contribution in [0.1, 0.15) is 101 Å². The SMILES string of the molecule is C#Cc1ccc(C(=O)OC2CC[C@@]3(C)C(=CC[C@H]4[C@@H]5C[C@@H]6O[C@]7(CCC(C)CO7)[C@@H](C)[C@@H]6[C@@]5(C)CC[C@@H]43)C2)cc1. The molecular formula is C36H46O4. The maximum atomic E-state index is 12.9. The van der Waals surface area contributed by atoms with Gasteiger partial charge in [-0.05, 0) is 110 Å². The van der Waals surface area contributed by atoms with Gasteiger partial charge < -0.3 is 14.2 Å². The summed E-state index contributed by atoms with van der Waals surface area (Å²) in [4.78, 5) is 12.9. The summed E-state index contributed by atoms with van der Waals surface area (Å²) in [6.45, 7) is 10.7. The molecule has 0 amide bonds. The van der Waals surface area contributed by atoms with Crippen LogP contribution in [0.25, 0.3) is 0 Å². The fourth-order valence-corrected chi connectivity index (χ4v) is 10.7. The molecule has 0 N–H and O–H groups in total. The van der Waals surface area contributed by atoms with Crippen LogP contribution in [-0.2, 0) is 14.2 Å². The van der Waals surface area contributed by atoms with Gasteiger partial charge in [-0.3, -0.25) is 0 Å². The molecule has 1 spiro atoms. The second-order valence-corrected chi connectivity index (χ2v) is 14.8. The molecule has 2 unspecified atom stereocenters. The zero-order chi connectivity index (χ0) is 27.9. The molecule has 6 aliphatic rings. The van der Waals surface area contributed by atoms with Crippen LogP contribution in [0.2, 0.25) is 0 Å². The van der Waals surface area contributed by atoms with E-state index in [1.54, 1.807) is 24.3 Å². The van der Waals surface area contributed by atoms with Crippen molar-refractivity contribution in [3.05, 3.63) is 47.0 Å². The van der Waals surface area contributed by atoms with Crippen LogP contribution >= 0.6 is 0 Å². The Kier molecular flexibility index (Phi) is 6.34. The monoisotopic (exact) mass is 542 g/mol. The van der Waals surface area contributed by atoms with Crippen molar-refractivity contribution >= 4 is 5.97 Å². The number of allylic oxidation sites excluding steroid dienone is 1. The lowest BCUT2D eigenvalue weighted by atomic mass is 9.47. The summed E-state index contributed by atoms with van der Waals surface area (Å²) in [5.74, 6) is 5.92. The summed E-state index contributed by atoms with van der Waals surface area (Å²) < 4.78 is 19.5. The molecule has 3 saturated carbocycles. The Bertz CT molecular complexity index is 1230. The molecule has 0 aromatic heterocycles. The average molecular weight is 543 g/mol. The molecular weight excluding hydrogens is 496 g/mol. The van der Waals surface area contributed by atoms with Crippen LogP contribution in [0, 0.1) is 58.7 Å². The Morgan fingerprint density at radius 2 is 1.85 bits per heavy atom. The summed E-state index contributed by atoms with van der Waals surface area (Å²) in [7, 11) is 0. The molecule has 2 saturated heterocycles. The van der Waals surface area contributed by atoms with E-state index in [1.165, 1.54) is 31.3 Å². The lowest BCUT2D eigenvalue weighted by molar-refractivity contribution is -0.272. The molecule has 40 heavy (non-hydrogen) atoms. The Hall–Kier alpha value is -2.09. The summed E-state index contributed by atoms with van der Waals surface area (Å²) in [5, 5.41) is 0. The lowest BCUT2D eigenvalue weighted by Crippen LogP contribution is -2.52. The second-order valence-electron chi connectivity index (χ2n) is 14.8. The normalized spacial score (nSPS) is 47.3. The number of benzene rings is 1. The molecule has 4 heteroatoms. The quantitative estimate of drug-likeness (QED) is 0.220. The van der Waals surface area contributed by atoms with E-state index in [-0.39, 0.29) is 23.3 Å². The van der Waals surface area contributed by atoms with Crippen molar-refractivity contribution in [2.75, 3.05) is 6.61 Å². The van der Waals surface area contributed by atoms with Crippen molar-refractivity contribution in [1.29, 1.82) is 0 Å². The molecule has 1 aromatic rings. The minimum Gasteiger partial charge on any atom is -0.458 e. The van der Waals surface area contributed by atoms with E-state index in [4.69, 9.17) is 20.6 Å². The maximum Gasteiger partial charge on any atom is 0.338 e. The van der Waals surface area contributed by atoms with Crippen LogP contribution in [0.5, 0.6) is 0 Å². The minimum atomic E-state index is -0.336. The Labute approximate surface area is 240 Å². The van der Waals surface area contributed by atoms with E-state index >= 15 is 0 Å². The number of esters is 1. The summed E-state index contributed by atoms with van der Waals surface area (Å²) in [6.07, 6.45) is 18.5. The van der Waals surface area contributed by atoms with Gasteiger partial charge in [0.05, 0.1) is 18.3 Å². The number of rotatable bonds is 2. The predicted molar refractivity (Wildman–Crippen MR) is 155 cm³/mol. The van der Waals surface area contributed by atoms with Crippen molar-refractivity contribution in [1.82, 2.24) is 0 Å². The topological polar surface area (TPSA) is 44.8 Å². The van der Waals surface area contributed by atoms with Gasteiger partial charge in [0, 0.05) is 24.3 Å². The zero-order valence-electron chi connectivity index (χ0n) is 24.8. The summed E-state index contributed by atoms with van der Waals surface area (Å²) >= 11 is 0. The van der Waals surface area contributed by atoms with Crippen LogP contribution in [0.3, 0.4) is 0 Å². The van der Waals surface area contributed by atoms with E-state index in [9.17, 15) is 4.79 Å². The number of fused-ring (bicyclic) bond motifs is 7. The van der Waals surface area contributed by atoms with Gasteiger partial charge in [0.25, 0.3) is 0 Å². The van der Waals surface area contributed by atoms with Gasteiger partial charge >= 0.3 is 5.97 Å². The largest absolute Gasteiger partial charge is 0.458 e. The first-order chi connectivity index (χ1) is 19.2. The molecule has 4 aliphatic carbocycles. The third-order valence-electron chi connectivity index (χ3n) is 12.9. The fraction of sp³-hybridized carbons (Fsp3) is 0.694. The average Bonchev–Trinajstić information content (AvgIpc) is 3.40.